The lowest BCUT2D eigenvalue weighted by Gasteiger charge is -2.15. The lowest BCUT2D eigenvalue weighted by Crippen LogP contribution is -2.18. The molecule has 1 unspecified atom stereocenters. The first-order valence-corrected chi connectivity index (χ1v) is 11.5. The van der Waals surface area contributed by atoms with Gasteiger partial charge in [-0.2, -0.15) is 0 Å². The van der Waals surface area contributed by atoms with Crippen molar-refractivity contribution in [2.24, 2.45) is 0 Å². The minimum absolute atomic E-state index is 0.0893. The Labute approximate surface area is 182 Å². The molecule has 1 N–H and O–H groups in total. The lowest BCUT2D eigenvalue weighted by atomic mass is 10.2. The molecule has 0 radical (unpaired) electrons. The van der Waals surface area contributed by atoms with Crippen molar-refractivity contribution in [1.82, 2.24) is 9.55 Å². The third-order valence-corrected chi connectivity index (χ3v) is 5.97. The monoisotopic (exact) mass is 433 g/mol. The molecule has 164 valence electrons. The first-order valence-electron chi connectivity index (χ1n) is 10.5. The van der Waals surface area contributed by atoms with E-state index in [1.54, 1.807) is 6.07 Å². The van der Waals surface area contributed by atoms with Gasteiger partial charge >= 0.3 is 0 Å². The number of amides is 1. The zero-order chi connectivity index (χ0) is 21.5. The van der Waals surface area contributed by atoms with Crippen molar-refractivity contribution in [3.8, 4) is 11.5 Å². The van der Waals surface area contributed by atoms with E-state index in [1.807, 2.05) is 32.9 Å². The average molecular weight is 434 g/mol. The minimum atomic E-state index is -0.0893. The summed E-state index contributed by atoms with van der Waals surface area (Å²) >= 11 is 1.45. The summed E-state index contributed by atoms with van der Waals surface area (Å²) in [7, 11) is 0. The molecule has 8 heteroatoms. The van der Waals surface area contributed by atoms with Crippen molar-refractivity contribution in [2.45, 2.75) is 58.3 Å². The van der Waals surface area contributed by atoms with Crippen LogP contribution in [0.1, 0.15) is 38.1 Å². The van der Waals surface area contributed by atoms with E-state index in [9.17, 15) is 4.79 Å². The van der Waals surface area contributed by atoms with Gasteiger partial charge in [0.15, 0.2) is 16.7 Å². The fraction of sp³-hybridized carbons (Fsp3) is 0.545. The predicted molar refractivity (Wildman–Crippen MR) is 119 cm³/mol. The van der Waals surface area contributed by atoms with Crippen LogP contribution in [0.15, 0.2) is 23.4 Å². The molecule has 1 atom stereocenters. The van der Waals surface area contributed by atoms with E-state index in [0.717, 1.165) is 42.5 Å². The van der Waals surface area contributed by atoms with Crippen molar-refractivity contribution in [3.63, 3.8) is 0 Å². The Hall–Kier alpha value is -2.19. The topological polar surface area (TPSA) is 74.6 Å². The van der Waals surface area contributed by atoms with E-state index in [2.05, 4.69) is 21.8 Å². The molecule has 1 fully saturated rings. The van der Waals surface area contributed by atoms with Crippen molar-refractivity contribution in [2.75, 3.05) is 30.9 Å². The normalized spacial score (nSPS) is 15.9. The third-order valence-electron chi connectivity index (χ3n) is 4.99. The van der Waals surface area contributed by atoms with Crippen LogP contribution < -0.4 is 14.8 Å². The van der Waals surface area contributed by atoms with Gasteiger partial charge < -0.3 is 24.1 Å². The standard InChI is InChI=1S/C22H31N3O4S/c1-5-27-19-10-9-17(12-20(19)28-6-2)24-21(26)14-30-22-23-15(3)16(4)25(22)13-18-8-7-11-29-18/h9-10,12,18H,5-8,11,13-14H2,1-4H3,(H,24,26). The van der Waals surface area contributed by atoms with Gasteiger partial charge in [0.1, 0.15) is 0 Å². The number of hydrogen-bond donors (Lipinski definition) is 1. The molecular weight excluding hydrogens is 402 g/mol. The highest BCUT2D eigenvalue weighted by Crippen LogP contribution is 2.31. The summed E-state index contributed by atoms with van der Waals surface area (Å²) in [4.78, 5) is 17.2. The van der Waals surface area contributed by atoms with Crippen molar-refractivity contribution in [3.05, 3.63) is 29.6 Å². The Morgan fingerprint density at radius 3 is 2.73 bits per heavy atom. The summed E-state index contributed by atoms with van der Waals surface area (Å²) in [5.41, 5.74) is 2.80. The molecule has 0 saturated carbocycles. The van der Waals surface area contributed by atoms with E-state index < -0.39 is 0 Å². The van der Waals surface area contributed by atoms with E-state index >= 15 is 0 Å². The maximum absolute atomic E-state index is 12.5. The van der Waals surface area contributed by atoms with Crippen LogP contribution in [-0.4, -0.2) is 47.1 Å². The van der Waals surface area contributed by atoms with Gasteiger partial charge in [0.25, 0.3) is 0 Å². The maximum atomic E-state index is 12.5. The number of aromatic nitrogens is 2. The summed E-state index contributed by atoms with van der Waals surface area (Å²) in [5, 5.41) is 3.80. The molecule has 2 aromatic rings. The molecule has 1 amide bonds. The second-order valence-corrected chi connectivity index (χ2v) is 8.12. The first-order chi connectivity index (χ1) is 14.5. The lowest BCUT2D eigenvalue weighted by molar-refractivity contribution is -0.113. The largest absolute Gasteiger partial charge is 0.490 e. The van der Waals surface area contributed by atoms with E-state index in [4.69, 9.17) is 14.2 Å². The smallest absolute Gasteiger partial charge is 0.234 e. The second kappa shape index (κ2) is 10.7. The highest BCUT2D eigenvalue weighted by molar-refractivity contribution is 7.99. The molecule has 1 saturated heterocycles. The molecule has 7 nitrogen and oxygen atoms in total. The molecule has 1 aromatic carbocycles. The SMILES string of the molecule is CCOc1ccc(NC(=O)CSc2nc(C)c(C)n2CC2CCCO2)cc1OCC. The number of anilines is 1. The average Bonchev–Trinajstić information content (AvgIpc) is 3.33. The minimum Gasteiger partial charge on any atom is -0.490 e. The predicted octanol–water partition coefficient (Wildman–Crippen LogP) is 4.21. The summed E-state index contributed by atoms with van der Waals surface area (Å²) in [5.74, 6) is 1.49. The van der Waals surface area contributed by atoms with Gasteiger partial charge in [0, 0.05) is 24.1 Å². The molecule has 0 spiro atoms. The van der Waals surface area contributed by atoms with Gasteiger partial charge in [-0.3, -0.25) is 4.79 Å². The third kappa shape index (κ3) is 5.70. The Balaban J connectivity index is 1.62. The van der Waals surface area contributed by atoms with Gasteiger partial charge in [-0.1, -0.05) is 11.8 Å². The van der Waals surface area contributed by atoms with Gasteiger partial charge in [-0.25, -0.2) is 4.98 Å². The van der Waals surface area contributed by atoms with Gasteiger partial charge in [0.2, 0.25) is 5.91 Å². The van der Waals surface area contributed by atoms with Crippen molar-refractivity contribution >= 4 is 23.4 Å². The van der Waals surface area contributed by atoms with Gasteiger partial charge in [-0.05, 0) is 52.7 Å². The molecule has 3 rings (SSSR count). The molecule has 30 heavy (non-hydrogen) atoms. The van der Waals surface area contributed by atoms with Crippen LogP contribution in [-0.2, 0) is 16.1 Å². The van der Waals surface area contributed by atoms with E-state index in [0.29, 0.717) is 30.4 Å². The number of aryl methyl sites for hydroxylation is 1. The summed E-state index contributed by atoms with van der Waals surface area (Å²) in [6.07, 6.45) is 2.40. The molecule has 0 aliphatic carbocycles. The van der Waals surface area contributed by atoms with Crippen LogP contribution in [0.5, 0.6) is 11.5 Å². The van der Waals surface area contributed by atoms with Crippen molar-refractivity contribution in [1.29, 1.82) is 0 Å². The number of hydrogen-bond acceptors (Lipinski definition) is 6. The van der Waals surface area contributed by atoms with E-state index in [-0.39, 0.29) is 17.8 Å². The fourth-order valence-corrected chi connectivity index (χ4v) is 4.30. The van der Waals surface area contributed by atoms with Crippen LogP contribution in [0, 0.1) is 13.8 Å². The number of nitrogens with one attached hydrogen (secondary N) is 1. The number of benzene rings is 1. The van der Waals surface area contributed by atoms with Crippen LogP contribution in [0.4, 0.5) is 5.69 Å². The Bertz CT molecular complexity index is 862. The Morgan fingerprint density at radius 2 is 2.03 bits per heavy atom. The van der Waals surface area contributed by atoms with Crippen LogP contribution in [0.2, 0.25) is 0 Å². The van der Waals surface area contributed by atoms with Gasteiger partial charge in [-0.15, -0.1) is 0 Å². The highest BCUT2D eigenvalue weighted by atomic mass is 32.2. The summed E-state index contributed by atoms with van der Waals surface area (Å²) in [6, 6.07) is 5.44. The molecular formula is C22H31N3O4S. The summed E-state index contributed by atoms with van der Waals surface area (Å²) < 4.78 is 19.2. The highest BCUT2D eigenvalue weighted by Gasteiger charge is 2.21. The molecule has 0 bridgehead atoms. The molecule has 2 heterocycles. The number of carbonyl (C=O) groups excluding carboxylic acids is 1. The zero-order valence-corrected chi connectivity index (χ0v) is 19.0. The van der Waals surface area contributed by atoms with Crippen molar-refractivity contribution < 1.29 is 19.0 Å². The Kier molecular flexibility index (Phi) is 8.04. The van der Waals surface area contributed by atoms with E-state index in [1.165, 1.54) is 11.8 Å². The number of ether oxygens (including phenoxy) is 3. The fourth-order valence-electron chi connectivity index (χ4n) is 3.40. The number of imidazole rings is 1. The Morgan fingerprint density at radius 1 is 1.27 bits per heavy atom. The van der Waals surface area contributed by atoms with Crippen LogP contribution in [0.25, 0.3) is 0 Å². The van der Waals surface area contributed by atoms with Crippen LogP contribution in [0.3, 0.4) is 0 Å². The second-order valence-electron chi connectivity index (χ2n) is 7.18. The van der Waals surface area contributed by atoms with Crippen LogP contribution >= 0.6 is 11.8 Å². The maximum Gasteiger partial charge on any atom is 0.234 e. The summed E-state index contributed by atoms with van der Waals surface area (Å²) in [6.45, 7) is 10.6. The van der Waals surface area contributed by atoms with Gasteiger partial charge in [0.05, 0.1) is 37.3 Å². The molecule has 1 aromatic heterocycles. The quantitative estimate of drug-likeness (QED) is 0.566. The number of rotatable bonds is 10. The molecule has 1 aliphatic rings. The number of nitrogens with zero attached hydrogens (tertiary/aromatic N) is 2. The zero-order valence-electron chi connectivity index (χ0n) is 18.2. The first kappa shape index (κ1) is 22.5. The molecule has 1 aliphatic heterocycles. The number of carbonyl (C=O) groups is 1. The number of thioether (sulfide) groups is 1.